The summed E-state index contributed by atoms with van der Waals surface area (Å²) in [6.45, 7) is 8.21. The molecular formula is C24H28N2O2. The molecule has 146 valence electrons. The number of hydrogen-bond donors (Lipinski definition) is 2. The van der Waals surface area contributed by atoms with E-state index in [2.05, 4.69) is 36.0 Å². The van der Waals surface area contributed by atoms with Crippen molar-refractivity contribution in [2.45, 2.75) is 59.3 Å². The van der Waals surface area contributed by atoms with E-state index in [1.54, 1.807) is 0 Å². The lowest BCUT2D eigenvalue weighted by Gasteiger charge is -2.31. The van der Waals surface area contributed by atoms with Crippen molar-refractivity contribution in [3.8, 4) is 0 Å². The normalized spacial score (nSPS) is 21.7. The lowest BCUT2D eigenvalue weighted by atomic mass is 9.74. The average Bonchev–Trinajstić information content (AvgIpc) is 3.17. The number of rotatable bonds is 4. The van der Waals surface area contributed by atoms with Crippen LogP contribution in [0.5, 0.6) is 0 Å². The molecule has 0 spiro atoms. The lowest BCUT2D eigenvalue weighted by molar-refractivity contribution is 0.111. The van der Waals surface area contributed by atoms with Gasteiger partial charge in [0.2, 0.25) is 0 Å². The van der Waals surface area contributed by atoms with Crippen LogP contribution in [0.15, 0.2) is 17.7 Å². The second kappa shape index (κ2) is 7.08. The van der Waals surface area contributed by atoms with Crippen LogP contribution < -0.4 is 0 Å². The summed E-state index contributed by atoms with van der Waals surface area (Å²) in [4.78, 5) is 29.3. The summed E-state index contributed by atoms with van der Waals surface area (Å²) < 4.78 is 0. The predicted molar refractivity (Wildman–Crippen MR) is 112 cm³/mol. The Morgan fingerprint density at radius 2 is 1.54 bits per heavy atom. The van der Waals surface area contributed by atoms with Gasteiger partial charge in [-0.3, -0.25) is 9.59 Å². The number of H-pyrrole nitrogens is 2. The van der Waals surface area contributed by atoms with Gasteiger partial charge in [-0.25, -0.2) is 0 Å². The molecule has 0 aliphatic heterocycles. The van der Waals surface area contributed by atoms with Gasteiger partial charge >= 0.3 is 0 Å². The number of allylic oxidation sites excluding steroid dienone is 4. The molecule has 2 N–H and O–H groups in total. The number of hydrogen-bond acceptors (Lipinski definition) is 2. The fourth-order valence-electron chi connectivity index (χ4n) is 4.88. The van der Waals surface area contributed by atoms with E-state index in [1.807, 2.05) is 13.8 Å². The molecule has 0 unspecified atom stereocenters. The minimum absolute atomic E-state index is 0.325. The number of fused-ring (bicyclic) bond motifs is 1. The summed E-state index contributed by atoms with van der Waals surface area (Å²) >= 11 is 0. The Balaban J connectivity index is 1.72. The van der Waals surface area contributed by atoms with Gasteiger partial charge < -0.3 is 9.97 Å². The highest BCUT2D eigenvalue weighted by Crippen LogP contribution is 2.44. The Bertz CT molecular complexity index is 1020. The summed E-state index contributed by atoms with van der Waals surface area (Å²) in [6.07, 6.45) is 11.1. The molecule has 0 radical (unpaired) electrons. The molecule has 4 rings (SSSR count). The number of nitrogens with one attached hydrogen (secondary N) is 2. The lowest BCUT2D eigenvalue weighted by Crippen LogP contribution is -2.17. The summed E-state index contributed by atoms with van der Waals surface area (Å²) in [7, 11) is 0. The minimum Gasteiger partial charge on any atom is -0.355 e. The molecule has 0 saturated carbocycles. The zero-order valence-corrected chi connectivity index (χ0v) is 17.1. The predicted octanol–water partition coefficient (Wildman–Crippen LogP) is 5.50. The highest BCUT2D eigenvalue weighted by molar-refractivity contribution is 5.80. The van der Waals surface area contributed by atoms with Crippen molar-refractivity contribution in [2.24, 2.45) is 5.92 Å². The molecular weight excluding hydrogens is 348 g/mol. The van der Waals surface area contributed by atoms with E-state index in [1.165, 1.54) is 34.4 Å². The largest absolute Gasteiger partial charge is 0.355 e. The van der Waals surface area contributed by atoms with Gasteiger partial charge in [-0.1, -0.05) is 12.2 Å². The quantitative estimate of drug-likeness (QED) is 0.692. The molecule has 4 heteroatoms. The van der Waals surface area contributed by atoms with Crippen molar-refractivity contribution < 1.29 is 9.59 Å². The van der Waals surface area contributed by atoms with Crippen LogP contribution in [-0.2, 0) is 0 Å². The van der Waals surface area contributed by atoms with Crippen molar-refractivity contribution in [1.29, 1.82) is 0 Å². The van der Waals surface area contributed by atoms with Gasteiger partial charge in [0.05, 0.1) is 11.4 Å². The van der Waals surface area contributed by atoms with Gasteiger partial charge in [-0.2, -0.15) is 0 Å². The number of aldehydes is 2. The first-order chi connectivity index (χ1) is 13.4. The standard InChI is InChI=1S/C24H28N2O2/c1-13-15(3)23(25-21(13)11-27)18-7-5-17-6-8-19(10-20(17)9-18)24-16(4)14(2)22(12-28)26-24/h9-12,17-18,25-26H,5-8H2,1-4H3/t17-,18+/m0/s1. The molecule has 0 bridgehead atoms. The zero-order valence-electron chi connectivity index (χ0n) is 17.1. The van der Waals surface area contributed by atoms with Gasteiger partial charge in [0.25, 0.3) is 0 Å². The monoisotopic (exact) mass is 376 g/mol. The topological polar surface area (TPSA) is 65.7 Å². The Morgan fingerprint density at radius 1 is 0.857 bits per heavy atom. The van der Waals surface area contributed by atoms with Crippen molar-refractivity contribution >= 4 is 18.1 Å². The Kier molecular flexibility index (Phi) is 4.74. The minimum atomic E-state index is 0.325. The van der Waals surface area contributed by atoms with Crippen molar-refractivity contribution in [2.75, 3.05) is 0 Å². The first-order valence-electron chi connectivity index (χ1n) is 10.2. The Morgan fingerprint density at radius 3 is 2.18 bits per heavy atom. The number of carbonyl (C=O) groups excluding carboxylic acids is 2. The third kappa shape index (κ3) is 2.92. The maximum absolute atomic E-state index is 11.3. The molecule has 2 aromatic heterocycles. The maximum atomic E-state index is 11.3. The molecule has 2 aliphatic rings. The second-order valence-corrected chi connectivity index (χ2v) is 8.36. The molecule has 28 heavy (non-hydrogen) atoms. The summed E-state index contributed by atoms with van der Waals surface area (Å²) in [5, 5.41) is 0. The van der Waals surface area contributed by atoms with Gasteiger partial charge in [0.15, 0.2) is 12.6 Å². The number of aromatic amines is 2. The average molecular weight is 377 g/mol. The SMILES string of the molecule is Cc1c(C=O)[nH]c(C2=CC3=C[C@H](c4[nH]c(C=O)c(C)c4C)CC[C@H]3CC2)c1C. The van der Waals surface area contributed by atoms with Crippen molar-refractivity contribution in [3.05, 3.63) is 62.8 Å². The fraction of sp³-hybridized carbons (Fsp3) is 0.417. The Labute approximate surface area is 166 Å². The first-order valence-corrected chi connectivity index (χ1v) is 10.2. The van der Waals surface area contributed by atoms with Crippen molar-refractivity contribution in [1.82, 2.24) is 9.97 Å². The van der Waals surface area contributed by atoms with Gasteiger partial charge in [-0.05, 0) is 92.7 Å². The molecule has 2 aliphatic carbocycles. The van der Waals surface area contributed by atoms with Crippen LogP contribution in [0, 0.1) is 33.6 Å². The smallest absolute Gasteiger partial charge is 0.166 e. The first kappa shape index (κ1) is 18.7. The molecule has 0 amide bonds. The van der Waals surface area contributed by atoms with E-state index < -0.39 is 0 Å². The van der Waals surface area contributed by atoms with Crippen LogP contribution in [0.25, 0.3) is 5.57 Å². The number of aromatic nitrogens is 2. The van der Waals surface area contributed by atoms with Crippen LogP contribution in [0.1, 0.15) is 86.2 Å². The number of carbonyl (C=O) groups is 2. The summed E-state index contributed by atoms with van der Waals surface area (Å²) in [5.74, 6) is 0.940. The van der Waals surface area contributed by atoms with E-state index in [4.69, 9.17) is 0 Å². The van der Waals surface area contributed by atoms with Crippen LogP contribution in [0.2, 0.25) is 0 Å². The molecule has 0 fully saturated rings. The van der Waals surface area contributed by atoms with Crippen LogP contribution in [0.4, 0.5) is 0 Å². The van der Waals surface area contributed by atoms with E-state index in [0.717, 1.165) is 48.7 Å². The summed E-state index contributed by atoms with van der Waals surface area (Å²) in [5.41, 5.74) is 10.8. The summed E-state index contributed by atoms with van der Waals surface area (Å²) in [6, 6.07) is 0. The molecule has 0 aromatic carbocycles. The van der Waals surface area contributed by atoms with E-state index in [0.29, 0.717) is 23.2 Å². The molecule has 2 atom stereocenters. The van der Waals surface area contributed by atoms with E-state index in [-0.39, 0.29) is 0 Å². The highest BCUT2D eigenvalue weighted by atomic mass is 16.1. The van der Waals surface area contributed by atoms with Crippen LogP contribution in [-0.4, -0.2) is 22.5 Å². The third-order valence-corrected chi connectivity index (χ3v) is 6.96. The highest BCUT2D eigenvalue weighted by Gasteiger charge is 2.29. The Hall–Kier alpha value is -2.62. The zero-order chi connectivity index (χ0) is 20.0. The van der Waals surface area contributed by atoms with E-state index in [9.17, 15) is 9.59 Å². The second-order valence-electron chi connectivity index (χ2n) is 8.36. The molecule has 4 nitrogen and oxygen atoms in total. The maximum Gasteiger partial charge on any atom is 0.166 e. The van der Waals surface area contributed by atoms with Gasteiger partial charge in [0.1, 0.15) is 0 Å². The van der Waals surface area contributed by atoms with E-state index >= 15 is 0 Å². The van der Waals surface area contributed by atoms with Crippen molar-refractivity contribution in [3.63, 3.8) is 0 Å². The van der Waals surface area contributed by atoms with Gasteiger partial charge in [-0.15, -0.1) is 0 Å². The van der Waals surface area contributed by atoms with Crippen LogP contribution in [0.3, 0.4) is 0 Å². The fourth-order valence-corrected chi connectivity index (χ4v) is 4.88. The molecule has 0 saturated heterocycles. The molecule has 2 heterocycles. The molecule has 2 aromatic rings. The third-order valence-electron chi connectivity index (χ3n) is 6.96. The van der Waals surface area contributed by atoms with Crippen LogP contribution >= 0.6 is 0 Å². The van der Waals surface area contributed by atoms with Gasteiger partial charge in [0, 0.05) is 17.3 Å².